The van der Waals surface area contributed by atoms with Gasteiger partial charge in [-0.1, -0.05) is 67.6 Å². The number of nitrogens with zero attached hydrogens (tertiary/aromatic N) is 2. The van der Waals surface area contributed by atoms with Crippen molar-refractivity contribution in [1.29, 1.82) is 0 Å². The van der Waals surface area contributed by atoms with Crippen LogP contribution in [0.25, 0.3) is 11.3 Å². The largest absolute Gasteiger partial charge is 0.347 e. The van der Waals surface area contributed by atoms with Crippen LogP contribution in [0.5, 0.6) is 0 Å². The van der Waals surface area contributed by atoms with Crippen LogP contribution in [-0.2, 0) is 28.4 Å². The second kappa shape index (κ2) is 7.04. The molecule has 6 rings (SSSR count). The quantitative estimate of drug-likeness (QED) is 0.585. The van der Waals surface area contributed by atoms with Crippen LogP contribution in [0, 0.1) is 11.8 Å². The van der Waals surface area contributed by atoms with Crippen LogP contribution < -0.4 is 0 Å². The van der Waals surface area contributed by atoms with Gasteiger partial charge in [0.15, 0.2) is 5.79 Å². The molecule has 0 amide bonds. The molecule has 3 aliphatic rings. The smallest absolute Gasteiger partial charge is 0.171 e. The van der Waals surface area contributed by atoms with Crippen LogP contribution in [0.2, 0.25) is 0 Å². The molecule has 160 valence electrons. The van der Waals surface area contributed by atoms with Crippen molar-refractivity contribution in [3.05, 3.63) is 77.5 Å². The second-order valence-corrected chi connectivity index (χ2v) is 9.45. The summed E-state index contributed by atoms with van der Waals surface area (Å²) in [6.45, 7) is 3.77. The molecular formula is C27H30N2O2. The standard InChI is InChI=1S/C27H30N2O2/c1-19-23-14-13-22-24(20-9-5-3-6-10-20)29(2)28-25(22)26(23,21-11-7-4-8-12-21)15-16-27(19)30-17-18-31-27/h3-12,19,23H,13-18H2,1-2H3/t19-,23-,26+/m0/s1. The molecule has 0 bridgehead atoms. The molecule has 1 saturated heterocycles. The van der Waals surface area contributed by atoms with E-state index in [0.717, 1.165) is 25.7 Å². The summed E-state index contributed by atoms with van der Waals surface area (Å²) in [7, 11) is 2.10. The van der Waals surface area contributed by atoms with Crippen LogP contribution in [-0.4, -0.2) is 28.8 Å². The molecule has 1 aromatic heterocycles. The normalized spacial score (nSPS) is 29.0. The molecule has 1 saturated carbocycles. The van der Waals surface area contributed by atoms with Gasteiger partial charge in [-0.15, -0.1) is 0 Å². The highest BCUT2D eigenvalue weighted by atomic mass is 16.7. The van der Waals surface area contributed by atoms with Gasteiger partial charge in [0.25, 0.3) is 0 Å². The lowest BCUT2D eigenvalue weighted by Crippen LogP contribution is -2.56. The van der Waals surface area contributed by atoms with Gasteiger partial charge >= 0.3 is 0 Å². The minimum absolute atomic E-state index is 0.0976. The Bertz CT molecular complexity index is 1090. The number of hydrogen-bond acceptors (Lipinski definition) is 3. The van der Waals surface area contributed by atoms with E-state index in [1.165, 1.54) is 28.1 Å². The van der Waals surface area contributed by atoms with Gasteiger partial charge in [0.1, 0.15) is 0 Å². The van der Waals surface area contributed by atoms with Gasteiger partial charge in [0.05, 0.1) is 24.6 Å². The Morgan fingerprint density at radius 1 is 0.935 bits per heavy atom. The molecule has 2 fully saturated rings. The molecule has 0 N–H and O–H groups in total. The fraction of sp³-hybridized carbons (Fsp3) is 0.444. The Labute approximate surface area is 184 Å². The van der Waals surface area contributed by atoms with E-state index in [1.54, 1.807) is 0 Å². The third-order valence-corrected chi connectivity index (χ3v) is 8.18. The average Bonchev–Trinajstić information content (AvgIpc) is 3.42. The third-order valence-electron chi connectivity index (χ3n) is 8.18. The van der Waals surface area contributed by atoms with Gasteiger partial charge in [-0.05, 0) is 30.7 Å². The Balaban J connectivity index is 1.56. The maximum atomic E-state index is 6.26. The zero-order valence-electron chi connectivity index (χ0n) is 18.4. The van der Waals surface area contributed by atoms with Crippen molar-refractivity contribution in [3.63, 3.8) is 0 Å². The van der Waals surface area contributed by atoms with Crippen molar-refractivity contribution in [2.75, 3.05) is 13.2 Å². The summed E-state index contributed by atoms with van der Waals surface area (Å²) in [5.41, 5.74) is 6.51. The van der Waals surface area contributed by atoms with Crippen molar-refractivity contribution in [2.45, 2.75) is 43.8 Å². The second-order valence-electron chi connectivity index (χ2n) is 9.45. The first-order valence-electron chi connectivity index (χ1n) is 11.6. The molecule has 0 radical (unpaired) electrons. The van der Waals surface area contributed by atoms with E-state index in [4.69, 9.17) is 14.6 Å². The zero-order chi connectivity index (χ0) is 21.1. The number of aromatic nitrogens is 2. The van der Waals surface area contributed by atoms with Crippen molar-refractivity contribution in [3.8, 4) is 11.3 Å². The summed E-state index contributed by atoms with van der Waals surface area (Å²) in [5, 5.41) is 5.24. The topological polar surface area (TPSA) is 36.3 Å². The van der Waals surface area contributed by atoms with Crippen molar-refractivity contribution < 1.29 is 9.47 Å². The monoisotopic (exact) mass is 414 g/mol. The van der Waals surface area contributed by atoms with Crippen molar-refractivity contribution in [2.24, 2.45) is 18.9 Å². The molecule has 1 aliphatic heterocycles. The number of ether oxygens (including phenoxy) is 2. The van der Waals surface area contributed by atoms with Gasteiger partial charge in [-0.2, -0.15) is 5.10 Å². The number of hydrogen-bond donors (Lipinski definition) is 0. The Morgan fingerprint density at radius 2 is 1.61 bits per heavy atom. The summed E-state index contributed by atoms with van der Waals surface area (Å²) in [6, 6.07) is 21.8. The SMILES string of the molecule is C[C@H]1[C@@H]2CCc3c(nn(C)c3-c3ccccc3)[C@@]2(c2ccccc2)CCC12OCCO2. The summed E-state index contributed by atoms with van der Waals surface area (Å²) >= 11 is 0. The van der Waals surface area contributed by atoms with Gasteiger partial charge in [0, 0.05) is 35.9 Å². The number of benzene rings is 2. The van der Waals surface area contributed by atoms with Gasteiger partial charge in [-0.25, -0.2) is 0 Å². The Kier molecular flexibility index (Phi) is 4.38. The highest BCUT2D eigenvalue weighted by Gasteiger charge is 2.60. The molecule has 3 aromatic rings. The van der Waals surface area contributed by atoms with Crippen molar-refractivity contribution in [1.82, 2.24) is 9.78 Å². The molecule has 4 nitrogen and oxygen atoms in total. The van der Waals surface area contributed by atoms with Crippen LogP contribution in [0.3, 0.4) is 0 Å². The minimum atomic E-state index is -0.419. The average molecular weight is 415 g/mol. The maximum absolute atomic E-state index is 6.26. The molecule has 4 heteroatoms. The summed E-state index contributed by atoms with van der Waals surface area (Å²) in [6.07, 6.45) is 4.09. The highest BCUT2D eigenvalue weighted by Crippen LogP contribution is 2.60. The Hall–Kier alpha value is -2.43. The first-order valence-corrected chi connectivity index (χ1v) is 11.6. The lowest BCUT2D eigenvalue weighted by molar-refractivity contribution is -0.232. The van der Waals surface area contributed by atoms with Crippen LogP contribution in [0.1, 0.15) is 43.0 Å². The van der Waals surface area contributed by atoms with E-state index in [-0.39, 0.29) is 5.41 Å². The summed E-state index contributed by atoms with van der Waals surface area (Å²) in [4.78, 5) is 0. The molecule has 2 heterocycles. The van der Waals surface area contributed by atoms with Gasteiger partial charge < -0.3 is 9.47 Å². The Morgan fingerprint density at radius 3 is 2.32 bits per heavy atom. The number of rotatable bonds is 2. The van der Waals surface area contributed by atoms with Crippen LogP contribution >= 0.6 is 0 Å². The third kappa shape index (κ3) is 2.64. The highest BCUT2D eigenvalue weighted by molar-refractivity contribution is 5.67. The predicted octanol–water partition coefficient (Wildman–Crippen LogP) is 5.11. The molecule has 2 aliphatic carbocycles. The number of fused-ring (bicyclic) bond motifs is 3. The van der Waals surface area contributed by atoms with E-state index < -0.39 is 5.79 Å². The molecule has 0 unspecified atom stereocenters. The van der Waals surface area contributed by atoms with E-state index >= 15 is 0 Å². The van der Waals surface area contributed by atoms with E-state index in [2.05, 4.69) is 79.3 Å². The van der Waals surface area contributed by atoms with E-state index in [1.807, 2.05) is 0 Å². The van der Waals surface area contributed by atoms with Gasteiger partial charge in [-0.3, -0.25) is 4.68 Å². The predicted molar refractivity (Wildman–Crippen MR) is 121 cm³/mol. The first kappa shape index (κ1) is 19.3. The summed E-state index contributed by atoms with van der Waals surface area (Å²) < 4.78 is 14.6. The van der Waals surface area contributed by atoms with E-state index in [9.17, 15) is 0 Å². The zero-order valence-corrected chi connectivity index (χ0v) is 18.4. The molecular weight excluding hydrogens is 384 g/mol. The molecule has 31 heavy (non-hydrogen) atoms. The molecule has 2 aromatic carbocycles. The lowest BCUT2D eigenvalue weighted by atomic mass is 9.52. The number of aryl methyl sites for hydroxylation is 1. The van der Waals surface area contributed by atoms with Crippen molar-refractivity contribution >= 4 is 0 Å². The lowest BCUT2D eigenvalue weighted by Gasteiger charge is -2.55. The molecule has 1 spiro atoms. The summed E-state index contributed by atoms with van der Waals surface area (Å²) in [5.74, 6) is 0.337. The fourth-order valence-electron chi connectivity index (χ4n) is 6.84. The maximum Gasteiger partial charge on any atom is 0.171 e. The molecule has 3 atom stereocenters. The fourth-order valence-corrected chi connectivity index (χ4v) is 6.84. The van der Waals surface area contributed by atoms with Crippen LogP contribution in [0.15, 0.2) is 60.7 Å². The minimum Gasteiger partial charge on any atom is -0.347 e. The van der Waals surface area contributed by atoms with Gasteiger partial charge in [0.2, 0.25) is 0 Å². The van der Waals surface area contributed by atoms with E-state index in [0.29, 0.717) is 25.0 Å². The first-order chi connectivity index (χ1) is 15.2. The van der Waals surface area contributed by atoms with Crippen LogP contribution in [0.4, 0.5) is 0 Å².